The molecular formula is C26H37N7O2. The molecule has 1 aromatic heterocycles. The summed E-state index contributed by atoms with van der Waals surface area (Å²) in [4.78, 5) is 16.2. The maximum absolute atomic E-state index is 5.61. The molecule has 0 aliphatic rings. The van der Waals surface area contributed by atoms with Gasteiger partial charge in [-0.2, -0.15) is 15.0 Å². The molecule has 188 valence electrons. The van der Waals surface area contributed by atoms with E-state index >= 15 is 0 Å². The molecule has 3 rings (SSSR count). The molecule has 0 aliphatic heterocycles. The van der Waals surface area contributed by atoms with Gasteiger partial charge in [0.15, 0.2) is 0 Å². The van der Waals surface area contributed by atoms with Crippen molar-refractivity contribution in [1.29, 1.82) is 0 Å². The second-order valence-electron chi connectivity index (χ2n) is 8.35. The summed E-state index contributed by atoms with van der Waals surface area (Å²) >= 11 is 0. The zero-order valence-corrected chi connectivity index (χ0v) is 20.7. The topological polar surface area (TPSA) is 110 Å². The number of nitrogens with two attached hydrogens (primary N) is 1. The Balaban J connectivity index is 1.74. The maximum atomic E-state index is 5.61. The number of hydrogen-bond donors (Lipinski definition) is 3. The van der Waals surface area contributed by atoms with E-state index in [4.69, 9.17) is 25.2 Å². The van der Waals surface area contributed by atoms with Crippen molar-refractivity contribution < 1.29 is 9.47 Å². The van der Waals surface area contributed by atoms with Crippen molar-refractivity contribution in [3.05, 3.63) is 71.8 Å². The standard InChI is InChI=1S/C26H37N7O2/c1-21(2)29-25-30-24(28-14-16-35-18-17-34-15-13-27)31-26(32-25)33(19-22-9-5-3-6-10-22)20-23-11-7-4-8-12-23/h3-12,21H,13-20,27H2,1-2H3,(H2,28,29,30,31,32). The molecule has 9 heteroatoms. The van der Waals surface area contributed by atoms with Crippen LogP contribution in [0.1, 0.15) is 25.0 Å². The van der Waals surface area contributed by atoms with Gasteiger partial charge in [-0.15, -0.1) is 0 Å². The van der Waals surface area contributed by atoms with Gasteiger partial charge in [0.25, 0.3) is 0 Å². The summed E-state index contributed by atoms with van der Waals surface area (Å²) in [6.45, 7) is 8.65. The SMILES string of the molecule is CC(C)Nc1nc(NCCOCCOCCN)nc(N(Cc2ccccc2)Cc2ccccc2)n1. The molecule has 0 saturated heterocycles. The Morgan fingerprint density at radius 1 is 0.771 bits per heavy atom. The molecular weight excluding hydrogens is 442 g/mol. The summed E-state index contributed by atoms with van der Waals surface area (Å²) in [7, 11) is 0. The molecule has 4 N–H and O–H groups in total. The second-order valence-corrected chi connectivity index (χ2v) is 8.35. The van der Waals surface area contributed by atoms with Crippen molar-refractivity contribution in [2.24, 2.45) is 5.73 Å². The average molecular weight is 480 g/mol. The number of nitrogens with one attached hydrogen (secondary N) is 2. The molecule has 9 nitrogen and oxygen atoms in total. The predicted octanol–water partition coefficient (Wildman–Crippen LogP) is 3.30. The van der Waals surface area contributed by atoms with E-state index in [0.29, 0.717) is 70.5 Å². The zero-order valence-electron chi connectivity index (χ0n) is 20.7. The summed E-state index contributed by atoms with van der Waals surface area (Å²) < 4.78 is 10.9. The van der Waals surface area contributed by atoms with Crippen LogP contribution in [-0.2, 0) is 22.6 Å². The molecule has 0 unspecified atom stereocenters. The normalized spacial score (nSPS) is 11.0. The summed E-state index contributed by atoms with van der Waals surface area (Å²) in [5.41, 5.74) is 7.78. The molecule has 0 saturated carbocycles. The summed E-state index contributed by atoms with van der Waals surface area (Å²) in [5, 5.41) is 6.58. The number of ether oxygens (including phenoxy) is 2. The first kappa shape index (κ1) is 26.3. The molecule has 3 aromatic rings. The van der Waals surface area contributed by atoms with Gasteiger partial charge in [-0.05, 0) is 25.0 Å². The second kappa shape index (κ2) is 14.9. The summed E-state index contributed by atoms with van der Waals surface area (Å²) in [6.07, 6.45) is 0. The zero-order chi connectivity index (χ0) is 24.7. The van der Waals surface area contributed by atoms with Gasteiger partial charge >= 0.3 is 0 Å². The van der Waals surface area contributed by atoms with Crippen LogP contribution in [0.5, 0.6) is 0 Å². The predicted molar refractivity (Wildman–Crippen MR) is 141 cm³/mol. The highest BCUT2D eigenvalue weighted by atomic mass is 16.5. The average Bonchev–Trinajstić information content (AvgIpc) is 2.86. The Hall–Kier alpha value is -3.27. The van der Waals surface area contributed by atoms with E-state index in [2.05, 4.69) is 58.6 Å². The van der Waals surface area contributed by atoms with Crippen molar-refractivity contribution in [1.82, 2.24) is 15.0 Å². The van der Waals surface area contributed by atoms with Crippen LogP contribution in [-0.4, -0.2) is 60.5 Å². The lowest BCUT2D eigenvalue weighted by atomic mass is 10.2. The van der Waals surface area contributed by atoms with Gasteiger partial charge < -0.3 is 30.7 Å². The fourth-order valence-corrected chi connectivity index (χ4v) is 3.35. The highest BCUT2D eigenvalue weighted by Crippen LogP contribution is 2.20. The molecule has 0 spiro atoms. The minimum Gasteiger partial charge on any atom is -0.378 e. The third-order valence-corrected chi connectivity index (χ3v) is 4.92. The van der Waals surface area contributed by atoms with Crippen LogP contribution in [0, 0.1) is 0 Å². The lowest BCUT2D eigenvalue weighted by Crippen LogP contribution is -2.26. The molecule has 2 aromatic carbocycles. The van der Waals surface area contributed by atoms with E-state index in [0.717, 1.165) is 0 Å². The largest absolute Gasteiger partial charge is 0.378 e. The van der Waals surface area contributed by atoms with Crippen molar-refractivity contribution in [3.8, 4) is 0 Å². The lowest BCUT2D eigenvalue weighted by Gasteiger charge is -2.24. The van der Waals surface area contributed by atoms with Gasteiger partial charge in [-0.25, -0.2) is 0 Å². The van der Waals surface area contributed by atoms with E-state index in [-0.39, 0.29) is 6.04 Å². The van der Waals surface area contributed by atoms with E-state index in [1.807, 2.05) is 36.4 Å². The van der Waals surface area contributed by atoms with Gasteiger partial charge in [0.1, 0.15) is 0 Å². The number of benzene rings is 2. The van der Waals surface area contributed by atoms with Crippen molar-refractivity contribution >= 4 is 17.8 Å². The van der Waals surface area contributed by atoms with Crippen LogP contribution in [0.2, 0.25) is 0 Å². The first-order valence-corrected chi connectivity index (χ1v) is 12.1. The Kier molecular flexibility index (Phi) is 11.2. The van der Waals surface area contributed by atoms with Gasteiger partial charge in [-0.3, -0.25) is 0 Å². The fraction of sp³-hybridized carbons (Fsp3) is 0.423. The Bertz CT molecular complexity index is 932. The van der Waals surface area contributed by atoms with Crippen molar-refractivity contribution in [2.75, 3.05) is 55.1 Å². The fourth-order valence-electron chi connectivity index (χ4n) is 3.35. The molecule has 1 heterocycles. The molecule has 0 bridgehead atoms. The monoisotopic (exact) mass is 479 g/mol. The summed E-state index contributed by atoms with van der Waals surface area (Å²) in [6, 6.07) is 20.9. The van der Waals surface area contributed by atoms with Crippen LogP contribution in [0.15, 0.2) is 60.7 Å². The molecule has 0 atom stereocenters. The first-order valence-electron chi connectivity index (χ1n) is 12.1. The lowest BCUT2D eigenvalue weighted by molar-refractivity contribution is 0.0547. The van der Waals surface area contributed by atoms with E-state index in [1.54, 1.807) is 0 Å². The van der Waals surface area contributed by atoms with Crippen LogP contribution >= 0.6 is 0 Å². The number of anilines is 3. The van der Waals surface area contributed by atoms with E-state index < -0.39 is 0 Å². The Labute approximate surface area is 208 Å². The van der Waals surface area contributed by atoms with Crippen LogP contribution in [0.4, 0.5) is 17.8 Å². The third kappa shape index (κ3) is 9.86. The smallest absolute Gasteiger partial charge is 0.232 e. The maximum Gasteiger partial charge on any atom is 0.232 e. The van der Waals surface area contributed by atoms with Gasteiger partial charge in [0, 0.05) is 32.2 Å². The summed E-state index contributed by atoms with van der Waals surface area (Å²) in [5.74, 6) is 1.65. The Morgan fingerprint density at radius 3 is 1.91 bits per heavy atom. The van der Waals surface area contributed by atoms with Crippen molar-refractivity contribution in [3.63, 3.8) is 0 Å². The van der Waals surface area contributed by atoms with Crippen molar-refractivity contribution in [2.45, 2.75) is 33.0 Å². The Morgan fingerprint density at radius 2 is 1.34 bits per heavy atom. The van der Waals surface area contributed by atoms with Gasteiger partial charge in [0.05, 0.1) is 26.4 Å². The molecule has 0 aliphatic carbocycles. The number of hydrogen-bond acceptors (Lipinski definition) is 9. The first-order chi connectivity index (χ1) is 17.1. The number of rotatable bonds is 16. The highest BCUT2D eigenvalue weighted by molar-refractivity contribution is 5.45. The van der Waals surface area contributed by atoms with Crippen LogP contribution < -0.4 is 21.3 Å². The molecule has 0 radical (unpaired) electrons. The van der Waals surface area contributed by atoms with E-state index in [1.165, 1.54) is 11.1 Å². The number of nitrogens with zero attached hydrogens (tertiary/aromatic N) is 4. The quantitative estimate of drug-likeness (QED) is 0.267. The molecule has 0 fully saturated rings. The third-order valence-electron chi connectivity index (χ3n) is 4.92. The van der Waals surface area contributed by atoms with E-state index in [9.17, 15) is 0 Å². The minimum atomic E-state index is 0.187. The number of aromatic nitrogens is 3. The highest BCUT2D eigenvalue weighted by Gasteiger charge is 2.16. The van der Waals surface area contributed by atoms with Gasteiger partial charge in [0.2, 0.25) is 17.8 Å². The van der Waals surface area contributed by atoms with Gasteiger partial charge in [-0.1, -0.05) is 60.7 Å². The van der Waals surface area contributed by atoms with Crippen LogP contribution in [0.3, 0.4) is 0 Å². The molecule has 0 amide bonds. The molecule has 35 heavy (non-hydrogen) atoms. The minimum absolute atomic E-state index is 0.187. The van der Waals surface area contributed by atoms with Crippen LogP contribution in [0.25, 0.3) is 0 Å².